The molecule has 3 nitrogen and oxygen atoms in total. The summed E-state index contributed by atoms with van der Waals surface area (Å²) in [5.74, 6) is -0.268. The summed E-state index contributed by atoms with van der Waals surface area (Å²) < 4.78 is 0. The highest BCUT2D eigenvalue weighted by atomic mass is 16.1. The second kappa shape index (κ2) is 4.43. The molecule has 3 heteroatoms. The molecular weight excluding hydrogens is 176 g/mol. The van der Waals surface area contributed by atoms with Gasteiger partial charge in [0.25, 0.3) is 0 Å². The van der Waals surface area contributed by atoms with Crippen LogP contribution in [0.4, 0.5) is 5.69 Å². The lowest BCUT2D eigenvalue weighted by Crippen LogP contribution is -2.10. The summed E-state index contributed by atoms with van der Waals surface area (Å²) in [6, 6.07) is 7.47. The van der Waals surface area contributed by atoms with Crippen LogP contribution in [0.15, 0.2) is 18.2 Å². The minimum atomic E-state index is -0.268. The molecule has 0 heterocycles. The summed E-state index contributed by atoms with van der Waals surface area (Å²) in [5, 5.41) is 11.0. The number of carbonyl (C=O) groups is 1. The Bertz CT molecular complexity index is 391. The number of aryl methyl sites for hydroxylation is 2. The molecule has 14 heavy (non-hydrogen) atoms. The predicted molar refractivity (Wildman–Crippen MR) is 54.8 cm³/mol. The summed E-state index contributed by atoms with van der Waals surface area (Å²) in [5.41, 5.74) is 3.05. The number of nitriles is 1. The first-order valence-corrected chi connectivity index (χ1v) is 4.37. The Morgan fingerprint density at radius 1 is 1.43 bits per heavy atom. The van der Waals surface area contributed by atoms with E-state index in [9.17, 15) is 4.79 Å². The second-order valence-corrected chi connectivity index (χ2v) is 3.18. The maximum absolute atomic E-state index is 11.1. The van der Waals surface area contributed by atoms with Crippen LogP contribution in [0.3, 0.4) is 0 Å². The van der Waals surface area contributed by atoms with Crippen molar-refractivity contribution in [1.29, 1.82) is 5.26 Å². The van der Waals surface area contributed by atoms with E-state index in [4.69, 9.17) is 5.26 Å². The smallest absolute Gasteiger partial charge is 0.238 e. The molecule has 1 rings (SSSR count). The van der Waals surface area contributed by atoms with Gasteiger partial charge in [0, 0.05) is 5.69 Å². The molecule has 72 valence electrons. The van der Waals surface area contributed by atoms with Crippen LogP contribution >= 0.6 is 0 Å². The Balaban J connectivity index is 2.74. The van der Waals surface area contributed by atoms with Crippen LogP contribution < -0.4 is 5.32 Å². The van der Waals surface area contributed by atoms with Crippen LogP contribution in [0.2, 0.25) is 0 Å². The van der Waals surface area contributed by atoms with Crippen LogP contribution in [0.5, 0.6) is 0 Å². The molecule has 0 saturated carbocycles. The van der Waals surface area contributed by atoms with Crippen molar-refractivity contribution in [2.24, 2.45) is 0 Å². The van der Waals surface area contributed by atoms with Crippen molar-refractivity contribution >= 4 is 11.6 Å². The highest BCUT2D eigenvalue weighted by Crippen LogP contribution is 2.14. The zero-order chi connectivity index (χ0) is 10.6. The van der Waals surface area contributed by atoms with Crippen molar-refractivity contribution in [3.8, 4) is 6.07 Å². The molecule has 0 atom stereocenters. The topological polar surface area (TPSA) is 52.9 Å². The average Bonchev–Trinajstić information content (AvgIpc) is 2.12. The minimum Gasteiger partial charge on any atom is -0.325 e. The van der Waals surface area contributed by atoms with E-state index in [-0.39, 0.29) is 12.3 Å². The monoisotopic (exact) mass is 188 g/mol. The molecule has 0 fully saturated rings. The predicted octanol–water partition coefficient (Wildman–Crippen LogP) is 2.16. The van der Waals surface area contributed by atoms with Crippen LogP contribution in [0.1, 0.15) is 17.5 Å². The van der Waals surface area contributed by atoms with Crippen molar-refractivity contribution in [3.63, 3.8) is 0 Å². The Hall–Kier alpha value is -1.82. The first kappa shape index (κ1) is 10.3. The van der Waals surface area contributed by atoms with Crippen LogP contribution in [0, 0.1) is 25.2 Å². The van der Waals surface area contributed by atoms with Gasteiger partial charge in [-0.25, -0.2) is 0 Å². The summed E-state index contributed by atoms with van der Waals surface area (Å²) in [6.07, 6.45) is -0.104. The van der Waals surface area contributed by atoms with Gasteiger partial charge in [-0.3, -0.25) is 4.79 Å². The number of hydrogen-bond acceptors (Lipinski definition) is 2. The Labute approximate surface area is 83.4 Å². The largest absolute Gasteiger partial charge is 0.325 e. The van der Waals surface area contributed by atoms with Crippen LogP contribution in [-0.4, -0.2) is 5.91 Å². The fourth-order valence-corrected chi connectivity index (χ4v) is 1.10. The van der Waals surface area contributed by atoms with Gasteiger partial charge in [-0.2, -0.15) is 5.26 Å². The Morgan fingerprint density at radius 2 is 2.14 bits per heavy atom. The normalized spacial score (nSPS) is 9.21. The van der Waals surface area contributed by atoms with E-state index in [1.807, 2.05) is 32.0 Å². The van der Waals surface area contributed by atoms with Gasteiger partial charge in [-0.15, -0.1) is 0 Å². The van der Waals surface area contributed by atoms with Crippen molar-refractivity contribution in [1.82, 2.24) is 0 Å². The van der Waals surface area contributed by atoms with Gasteiger partial charge in [-0.05, 0) is 37.1 Å². The lowest BCUT2D eigenvalue weighted by molar-refractivity contribution is -0.115. The van der Waals surface area contributed by atoms with Crippen molar-refractivity contribution < 1.29 is 4.79 Å². The van der Waals surface area contributed by atoms with Gasteiger partial charge in [0.2, 0.25) is 5.91 Å². The number of carbonyl (C=O) groups excluding carboxylic acids is 1. The Morgan fingerprint density at radius 3 is 2.71 bits per heavy atom. The first-order chi connectivity index (χ1) is 6.63. The number of benzene rings is 1. The summed E-state index contributed by atoms with van der Waals surface area (Å²) >= 11 is 0. The average molecular weight is 188 g/mol. The van der Waals surface area contributed by atoms with Gasteiger partial charge in [0.15, 0.2) is 0 Å². The highest BCUT2D eigenvalue weighted by Gasteiger charge is 2.01. The molecule has 0 bridgehead atoms. The van der Waals surface area contributed by atoms with Crippen molar-refractivity contribution in [2.75, 3.05) is 5.32 Å². The van der Waals surface area contributed by atoms with E-state index < -0.39 is 0 Å². The maximum Gasteiger partial charge on any atom is 0.238 e. The van der Waals surface area contributed by atoms with E-state index in [1.54, 1.807) is 6.07 Å². The number of nitrogens with zero attached hydrogens (tertiary/aromatic N) is 1. The molecule has 1 aromatic rings. The first-order valence-electron chi connectivity index (χ1n) is 4.37. The quantitative estimate of drug-likeness (QED) is 0.773. The number of amides is 1. The third-order valence-electron chi connectivity index (χ3n) is 2.03. The molecule has 0 aliphatic heterocycles. The number of hydrogen-bond donors (Lipinski definition) is 1. The molecule has 1 amide bonds. The summed E-state index contributed by atoms with van der Waals surface area (Å²) in [4.78, 5) is 11.1. The SMILES string of the molecule is Cc1ccc(NC(=O)CC#N)cc1C. The highest BCUT2D eigenvalue weighted by molar-refractivity contribution is 5.92. The number of anilines is 1. The van der Waals surface area contributed by atoms with E-state index in [0.717, 1.165) is 11.3 Å². The zero-order valence-corrected chi connectivity index (χ0v) is 8.29. The lowest BCUT2D eigenvalue weighted by Gasteiger charge is -2.05. The van der Waals surface area contributed by atoms with Crippen LogP contribution in [-0.2, 0) is 4.79 Å². The Kier molecular flexibility index (Phi) is 3.24. The molecule has 0 radical (unpaired) electrons. The molecule has 0 aliphatic carbocycles. The van der Waals surface area contributed by atoms with Crippen molar-refractivity contribution in [3.05, 3.63) is 29.3 Å². The molecule has 0 spiro atoms. The van der Waals surface area contributed by atoms with Crippen LogP contribution in [0.25, 0.3) is 0 Å². The van der Waals surface area contributed by atoms with E-state index in [0.29, 0.717) is 0 Å². The van der Waals surface area contributed by atoms with Crippen molar-refractivity contribution in [2.45, 2.75) is 20.3 Å². The molecule has 0 aromatic heterocycles. The summed E-state index contributed by atoms with van der Waals surface area (Å²) in [7, 11) is 0. The molecular formula is C11H12N2O. The molecule has 0 saturated heterocycles. The zero-order valence-electron chi connectivity index (χ0n) is 8.29. The van der Waals surface area contributed by atoms with Gasteiger partial charge in [-0.1, -0.05) is 6.07 Å². The van der Waals surface area contributed by atoms with Gasteiger partial charge in [0.05, 0.1) is 6.07 Å². The fraction of sp³-hybridized carbons (Fsp3) is 0.273. The standard InChI is InChI=1S/C11H12N2O/c1-8-3-4-10(7-9(8)2)13-11(14)5-6-12/h3-4,7H,5H2,1-2H3,(H,13,14). The lowest BCUT2D eigenvalue weighted by atomic mass is 10.1. The molecule has 0 unspecified atom stereocenters. The number of nitrogens with one attached hydrogen (secondary N) is 1. The molecule has 1 aromatic carbocycles. The van der Waals surface area contributed by atoms with E-state index in [1.165, 1.54) is 5.56 Å². The second-order valence-electron chi connectivity index (χ2n) is 3.18. The molecule has 0 aliphatic rings. The van der Waals surface area contributed by atoms with Gasteiger partial charge < -0.3 is 5.32 Å². The fourth-order valence-electron chi connectivity index (χ4n) is 1.10. The minimum absolute atomic E-state index is 0.104. The third-order valence-corrected chi connectivity index (χ3v) is 2.03. The maximum atomic E-state index is 11.1. The van der Waals surface area contributed by atoms with E-state index in [2.05, 4.69) is 5.32 Å². The van der Waals surface area contributed by atoms with Gasteiger partial charge >= 0.3 is 0 Å². The van der Waals surface area contributed by atoms with Gasteiger partial charge in [0.1, 0.15) is 6.42 Å². The third kappa shape index (κ3) is 2.60. The molecule has 1 N–H and O–H groups in total. The number of rotatable bonds is 2. The van der Waals surface area contributed by atoms with E-state index >= 15 is 0 Å². The summed E-state index contributed by atoms with van der Waals surface area (Å²) in [6.45, 7) is 3.99.